The second-order valence-corrected chi connectivity index (χ2v) is 8.45. The van der Waals surface area contributed by atoms with Gasteiger partial charge in [-0.25, -0.2) is 4.79 Å². The molecule has 0 saturated heterocycles. The number of phenolic OH excluding ortho intramolecular Hbond substituents is 1. The van der Waals surface area contributed by atoms with Crippen molar-refractivity contribution in [2.75, 3.05) is 0 Å². The first-order chi connectivity index (χ1) is 13.7. The fraction of sp³-hybridized carbons (Fsp3) is 0.458. The van der Waals surface area contributed by atoms with E-state index in [0.29, 0.717) is 29.5 Å². The summed E-state index contributed by atoms with van der Waals surface area (Å²) in [6.07, 6.45) is 7.51. The Morgan fingerprint density at radius 1 is 1.24 bits per heavy atom. The van der Waals surface area contributed by atoms with Crippen LogP contribution >= 0.6 is 0 Å². The van der Waals surface area contributed by atoms with Crippen LogP contribution in [0.25, 0.3) is 11.0 Å². The second kappa shape index (κ2) is 8.46. The molecule has 0 unspecified atom stereocenters. The summed E-state index contributed by atoms with van der Waals surface area (Å²) in [6, 6.07) is 4.59. The number of ether oxygens (including phenoxy) is 1. The molecule has 0 radical (unpaired) electrons. The van der Waals surface area contributed by atoms with Gasteiger partial charge in [0.05, 0.1) is 16.6 Å². The quantitative estimate of drug-likeness (QED) is 0.505. The lowest BCUT2D eigenvalue weighted by Crippen LogP contribution is -2.42. The Morgan fingerprint density at radius 2 is 2.00 bits per heavy atom. The number of rotatable bonds is 7. The number of aliphatic hydroxyl groups is 1. The van der Waals surface area contributed by atoms with Crippen molar-refractivity contribution in [1.29, 1.82) is 0 Å². The van der Waals surface area contributed by atoms with Gasteiger partial charge in [0.2, 0.25) is 0 Å². The molecule has 2 atom stereocenters. The van der Waals surface area contributed by atoms with E-state index in [1.807, 2.05) is 0 Å². The zero-order valence-electron chi connectivity index (χ0n) is 17.6. The first kappa shape index (κ1) is 21.2. The van der Waals surface area contributed by atoms with E-state index in [1.165, 1.54) is 23.3 Å². The van der Waals surface area contributed by atoms with Crippen molar-refractivity contribution in [3.05, 3.63) is 57.5 Å². The predicted octanol–water partition coefficient (Wildman–Crippen LogP) is 5.03. The molecule has 3 rings (SSSR count). The standard InChI is InChI=1S/C24H30O5/c1-15(2)7-5-8-16(3)9-6-12-24(4,27)21-14-19-22(29-21)18-11-10-17(25)13-20(18)28-23(19)26/h7,9-11,13,21,25,27H,5-6,8,12,14H2,1-4H3/b16-9+/t21-,24+/m1/s1. The molecule has 29 heavy (non-hydrogen) atoms. The zero-order valence-corrected chi connectivity index (χ0v) is 17.6. The molecule has 2 aromatic rings. The van der Waals surface area contributed by atoms with Gasteiger partial charge in [-0.15, -0.1) is 0 Å². The summed E-state index contributed by atoms with van der Waals surface area (Å²) >= 11 is 0. The van der Waals surface area contributed by atoms with Crippen LogP contribution in [-0.4, -0.2) is 21.9 Å². The Labute approximate surface area is 171 Å². The molecule has 0 amide bonds. The summed E-state index contributed by atoms with van der Waals surface area (Å²) in [5.74, 6) is 0.476. The SMILES string of the molecule is CC(C)=CCC/C(C)=C/CC[C@](C)(O)[C@H]1Cc2c(c3ccc(O)cc3oc2=O)O1. The topological polar surface area (TPSA) is 79.9 Å². The first-order valence-corrected chi connectivity index (χ1v) is 10.1. The lowest BCUT2D eigenvalue weighted by atomic mass is 9.90. The Balaban J connectivity index is 1.69. The minimum absolute atomic E-state index is 0.0221. The molecule has 1 aromatic heterocycles. The van der Waals surface area contributed by atoms with Crippen molar-refractivity contribution in [3.8, 4) is 11.5 Å². The van der Waals surface area contributed by atoms with Gasteiger partial charge in [-0.1, -0.05) is 23.3 Å². The lowest BCUT2D eigenvalue weighted by Gasteiger charge is -2.29. The monoisotopic (exact) mass is 398 g/mol. The fourth-order valence-electron chi connectivity index (χ4n) is 3.69. The lowest BCUT2D eigenvalue weighted by molar-refractivity contribution is -0.0429. The van der Waals surface area contributed by atoms with Gasteiger partial charge in [0, 0.05) is 12.5 Å². The molecule has 156 valence electrons. The summed E-state index contributed by atoms with van der Waals surface area (Å²) in [5.41, 5.74) is 1.80. The minimum Gasteiger partial charge on any atom is -0.508 e. The van der Waals surface area contributed by atoms with Gasteiger partial charge in [0.1, 0.15) is 23.2 Å². The maximum atomic E-state index is 12.3. The summed E-state index contributed by atoms with van der Waals surface area (Å²) in [7, 11) is 0. The van der Waals surface area contributed by atoms with Crippen molar-refractivity contribution >= 4 is 11.0 Å². The van der Waals surface area contributed by atoms with Gasteiger partial charge in [-0.2, -0.15) is 0 Å². The average molecular weight is 398 g/mol. The van der Waals surface area contributed by atoms with E-state index < -0.39 is 17.3 Å². The van der Waals surface area contributed by atoms with Gasteiger partial charge in [0.15, 0.2) is 0 Å². The molecule has 5 nitrogen and oxygen atoms in total. The highest BCUT2D eigenvalue weighted by Crippen LogP contribution is 2.39. The van der Waals surface area contributed by atoms with Crippen molar-refractivity contribution in [3.63, 3.8) is 0 Å². The van der Waals surface area contributed by atoms with Crippen molar-refractivity contribution in [2.45, 2.75) is 71.5 Å². The van der Waals surface area contributed by atoms with E-state index in [2.05, 4.69) is 32.9 Å². The van der Waals surface area contributed by atoms with E-state index in [4.69, 9.17) is 9.15 Å². The summed E-state index contributed by atoms with van der Waals surface area (Å²) in [5, 5.41) is 21.3. The van der Waals surface area contributed by atoms with Crippen molar-refractivity contribution in [2.24, 2.45) is 0 Å². The highest BCUT2D eigenvalue weighted by atomic mass is 16.5. The maximum absolute atomic E-state index is 12.3. The third-order valence-electron chi connectivity index (χ3n) is 5.51. The summed E-state index contributed by atoms with van der Waals surface area (Å²) in [4.78, 5) is 12.3. The van der Waals surface area contributed by atoms with Crippen molar-refractivity contribution < 1.29 is 19.4 Å². The molecular weight excluding hydrogens is 368 g/mol. The number of phenols is 1. The van der Waals surface area contributed by atoms with E-state index in [9.17, 15) is 15.0 Å². The maximum Gasteiger partial charge on any atom is 0.343 e. The summed E-state index contributed by atoms with van der Waals surface area (Å²) in [6.45, 7) is 8.07. The van der Waals surface area contributed by atoms with Crippen LogP contribution in [0.15, 0.2) is 50.7 Å². The van der Waals surface area contributed by atoms with Crippen LogP contribution < -0.4 is 10.4 Å². The first-order valence-electron chi connectivity index (χ1n) is 10.1. The van der Waals surface area contributed by atoms with Crippen LogP contribution in [-0.2, 0) is 6.42 Å². The van der Waals surface area contributed by atoms with Gasteiger partial charge in [0.25, 0.3) is 0 Å². The number of fused-ring (bicyclic) bond motifs is 3. The smallest absolute Gasteiger partial charge is 0.343 e. The highest BCUT2D eigenvalue weighted by Gasteiger charge is 2.40. The van der Waals surface area contributed by atoms with E-state index in [0.717, 1.165) is 19.3 Å². The zero-order chi connectivity index (χ0) is 21.2. The number of hydrogen-bond acceptors (Lipinski definition) is 5. The van der Waals surface area contributed by atoms with Crippen LogP contribution in [0.5, 0.6) is 11.5 Å². The largest absolute Gasteiger partial charge is 0.508 e. The molecule has 5 heteroatoms. The Kier molecular flexibility index (Phi) is 6.18. The molecule has 1 aromatic carbocycles. The van der Waals surface area contributed by atoms with Gasteiger partial charge in [-0.3, -0.25) is 0 Å². The Bertz CT molecular complexity index is 1010. The second-order valence-electron chi connectivity index (χ2n) is 8.45. The van der Waals surface area contributed by atoms with E-state index in [-0.39, 0.29) is 11.3 Å². The van der Waals surface area contributed by atoms with Crippen LogP contribution in [0.4, 0.5) is 0 Å². The molecule has 2 N–H and O–H groups in total. The van der Waals surface area contributed by atoms with Gasteiger partial charge in [-0.05, 0) is 65.5 Å². The van der Waals surface area contributed by atoms with Crippen LogP contribution in [0, 0.1) is 0 Å². The number of allylic oxidation sites excluding steroid dienone is 4. The Hall–Kier alpha value is -2.53. The summed E-state index contributed by atoms with van der Waals surface area (Å²) < 4.78 is 11.4. The molecular formula is C24H30O5. The normalized spacial score (nSPS) is 18.2. The average Bonchev–Trinajstić information content (AvgIpc) is 3.08. The molecule has 1 aliphatic heterocycles. The predicted molar refractivity (Wildman–Crippen MR) is 115 cm³/mol. The van der Waals surface area contributed by atoms with Crippen molar-refractivity contribution in [1.82, 2.24) is 0 Å². The molecule has 2 heterocycles. The number of hydrogen-bond donors (Lipinski definition) is 2. The molecule has 0 bridgehead atoms. The molecule has 1 aliphatic rings. The molecule has 0 aliphatic carbocycles. The fourth-order valence-corrected chi connectivity index (χ4v) is 3.69. The van der Waals surface area contributed by atoms with Gasteiger partial charge < -0.3 is 19.4 Å². The van der Waals surface area contributed by atoms with E-state index >= 15 is 0 Å². The Morgan fingerprint density at radius 3 is 2.72 bits per heavy atom. The molecule has 0 spiro atoms. The third kappa shape index (κ3) is 4.91. The number of aromatic hydroxyl groups is 1. The third-order valence-corrected chi connectivity index (χ3v) is 5.51. The highest BCUT2D eigenvalue weighted by molar-refractivity contribution is 5.86. The van der Waals surface area contributed by atoms with Gasteiger partial charge >= 0.3 is 5.63 Å². The number of benzene rings is 1. The molecule has 0 saturated carbocycles. The molecule has 0 fully saturated rings. The van der Waals surface area contributed by atoms with Crippen LogP contribution in [0.3, 0.4) is 0 Å². The van der Waals surface area contributed by atoms with E-state index in [1.54, 1.807) is 13.0 Å². The van der Waals surface area contributed by atoms with Crippen LogP contribution in [0.1, 0.15) is 58.9 Å². The van der Waals surface area contributed by atoms with Crippen LogP contribution in [0.2, 0.25) is 0 Å². The minimum atomic E-state index is -1.08.